The predicted molar refractivity (Wildman–Crippen MR) is 104 cm³/mol. The first-order chi connectivity index (χ1) is 12.6. The highest BCUT2D eigenvalue weighted by molar-refractivity contribution is 8.00. The molecular weight excluding hydrogens is 348 g/mol. The van der Waals surface area contributed by atoms with Gasteiger partial charge in [-0.15, -0.1) is 11.8 Å². The molecule has 2 aliphatic heterocycles. The average molecular weight is 375 g/mol. The van der Waals surface area contributed by atoms with Gasteiger partial charge in [-0.1, -0.05) is 54.6 Å². The van der Waals surface area contributed by atoms with Gasteiger partial charge in [-0.2, -0.15) is 0 Å². The zero-order valence-corrected chi connectivity index (χ0v) is 15.6. The smallest absolute Gasteiger partial charge is 0.313 e. The Hall–Kier alpha value is -1.56. The van der Waals surface area contributed by atoms with Crippen LogP contribution in [0, 0.1) is 11.8 Å². The highest BCUT2D eigenvalue weighted by Crippen LogP contribution is 2.46. The van der Waals surface area contributed by atoms with Gasteiger partial charge in [-0.05, 0) is 30.7 Å². The molecule has 0 spiro atoms. The molecular formula is C21H26O4S. The van der Waals surface area contributed by atoms with Gasteiger partial charge < -0.3 is 14.9 Å². The molecule has 2 fully saturated rings. The van der Waals surface area contributed by atoms with Crippen LogP contribution in [0.15, 0.2) is 54.6 Å². The van der Waals surface area contributed by atoms with Crippen molar-refractivity contribution in [2.75, 3.05) is 11.5 Å². The third-order valence-electron chi connectivity index (χ3n) is 5.16. The normalized spacial score (nSPS) is 29.0. The van der Waals surface area contributed by atoms with Gasteiger partial charge in [0, 0.05) is 11.7 Å². The Morgan fingerprint density at radius 3 is 2.77 bits per heavy atom. The maximum atomic E-state index is 10.5. The quantitative estimate of drug-likeness (QED) is 0.508. The first-order valence-electron chi connectivity index (χ1n) is 9.16. The minimum Gasteiger partial charge on any atom is -0.481 e. The molecule has 2 heterocycles. The number of ether oxygens (including phenoxy) is 1. The van der Waals surface area contributed by atoms with E-state index in [1.165, 1.54) is 11.8 Å². The van der Waals surface area contributed by atoms with Gasteiger partial charge in [-0.25, -0.2) is 0 Å². The number of aliphatic hydroxyl groups excluding tert-OH is 1. The maximum absolute atomic E-state index is 10.5. The fourth-order valence-corrected chi connectivity index (χ4v) is 4.48. The Bertz CT molecular complexity index is 643. The van der Waals surface area contributed by atoms with Crippen LogP contribution in [0.3, 0.4) is 0 Å². The molecule has 0 amide bonds. The van der Waals surface area contributed by atoms with Crippen molar-refractivity contribution < 1.29 is 19.7 Å². The Labute approximate surface area is 159 Å². The van der Waals surface area contributed by atoms with E-state index in [9.17, 15) is 9.90 Å². The molecule has 0 aromatic heterocycles. The third kappa shape index (κ3) is 5.00. The lowest BCUT2D eigenvalue weighted by Crippen LogP contribution is -2.25. The number of carboxylic acid groups (broad SMARTS) is 1. The minimum atomic E-state index is -0.771. The molecule has 26 heavy (non-hydrogen) atoms. The van der Waals surface area contributed by atoms with Crippen molar-refractivity contribution in [3.05, 3.63) is 60.2 Å². The molecule has 3 rings (SSSR count). The largest absolute Gasteiger partial charge is 0.481 e. The molecule has 2 N–H and O–H groups in total. The topological polar surface area (TPSA) is 66.8 Å². The van der Waals surface area contributed by atoms with Gasteiger partial charge in [0.25, 0.3) is 0 Å². The van der Waals surface area contributed by atoms with Crippen LogP contribution < -0.4 is 0 Å². The number of hydrogen-bond acceptors (Lipinski definition) is 4. The lowest BCUT2D eigenvalue weighted by atomic mass is 9.77. The monoisotopic (exact) mass is 374 g/mol. The van der Waals surface area contributed by atoms with Crippen LogP contribution in [0.1, 0.15) is 30.9 Å². The number of allylic oxidation sites excluding steroid dienone is 1. The summed E-state index contributed by atoms with van der Waals surface area (Å²) in [6.07, 6.45) is 11.4. The predicted octanol–water partition coefficient (Wildman–Crippen LogP) is 3.83. The van der Waals surface area contributed by atoms with Crippen molar-refractivity contribution in [3.8, 4) is 0 Å². The number of benzene rings is 1. The second-order valence-electron chi connectivity index (χ2n) is 6.89. The maximum Gasteiger partial charge on any atom is 0.313 e. The number of hydrogen-bond donors (Lipinski definition) is 2. The zero-order valence-electron chi connectivity index (χ0n) is 14.7. The second kappa shape index (κ2) is 9.40. The number of rotatable bonds is 9. The Kier molecular flexibility index (Phi) is 6.94. The lowest BCUT2D eigenvalue weighted by molar-refractivity contribution is -0.133. The first-order valence-corrected chi connectivity index (χ1v) is 10.3. The van der Waals surface area contributed by atoms with Crippen LogP contribution >= 0.6 is 11.8 Å². The van der Waals surface area contributed by atoms with E-state index >= 15 is 0 Å². The Balaban J connectivity index is 1.54. The van der Waals surface area contributed by atoms with Gasteiger partial charge in [0.15, 0.2) is 0 Å². The second-order valence-corrected chi connectivity index (χ2v) is 7.92. The molecule has 0 aliphatic carbocycles. The molecule has 0 radical (unpaired) electrons. The van der Waals surface area contributed by atoms with Crippen LogP contribution in [0.25, 0.3) is 0 Å². The summed E-state index contributed by atoms with van der Waals surface area (Å²) in [5.74, 6) is 0.870. The fraction of sp³-hybridized carbons (Fsp3) is 0.476. The van der Waals surface area contributed by atoms with Crippen LogP contribution in [0.4, 0.5) is 0 Å². The lowest BCUT2D eigenvalue weighted by Gasteiger charge is -2.25. The molecule has 1 unspecified atom stereocenters. The number of aliphatic carboxylic acids is 1. The average Bonchev–Trinajstić information content (AvgIpc) is 3.24. The highest BCUT2D eigenvalue weighted by Gasteiger charge is 2.46. The van der Waals surface area contributed by atoms with Gasteiger partial charge in [-0.3, -0.25) is 4.79 Å². The van der Waals surface area contributed by atoms with E-state index in [1.54, 1.807) is 0 Å². The minimum absolute atomic E-state index is 0.143. The molecule has 1 aromatic carbocycles. The standard InChI is InChI=1S/C21H26O4S/c22-18(15-6-2-1-3-7-15)10-9-17-16(19-11-12-20(17)25-19)8-4-5-13-26-14-21(23)24/h1-7,9-10,16-20,22H,8,11-14H2,(H,23,24)/b5-4-,10-9+/t16-,17+,18?,19-,20+/m0/s1. The van der Waals surface area contributed by atoms with Crippen LogP contribution in [0.2, 0.25) is 0 Å². The van der Waals surface area contributed by atoms with E-state index in [-0.39, 0.29) is 11.9 Å². The first kappa shape index (κ1) is 19.2. The van der Waals surface area contributed by atoms with E-state index in [0.717, 1.165) is 30.6 Å². The molecule has 4 nitrogen and oxygen atoms in total. The number of fused-ring (bicyclic) bond motifs is 2. The van der Waals surface area contributed by atoms with Crippen molar-refractivity contribution in [2.24, 2.45) is 11.8 Å². The van der Waals surface area contributed by atoms with Crippen molar-refractivity contribution in [2.45, 2.75) is 37.6 Å². The van der Waals surface area contributed by atoms with Gasteiger partial charge in [0.1, 0.15) is 0 Å². The summed E-state index contributed by atoms with van der Waals surface area (Å²) in [5, 5.41) is 19.0. The zero-order chi connectivity index (χ0) is 18.4. The molecule has 1 aromatic rings. The van der Waals surface area contributed by atoms with Gasteiger partial charge >= 0.3 is 5.97 Å². The number of thioether (sulfide) groups is 1. The van der Waals surface area contributed by atoms with Crippen molar-refractivity contribution >= 4 is 17.7 Å². The summed E-state index contributed by atoms with van der Waals surface area (Å²) < 4.78 is 6.10. The molecule has 2 aliphatic rings. The summed E-state index contributed by atoms with van der Waals surface area (Å²) in [7, 11) is 0. The fourth-order valence-electron chi connectivity index (χ4n) is 3.92. The molecule has 2 bridgehead atoms. The Morgan fingerprint density at radius 2 is 2.00 bits per heavy atom. The van der Waals surface area contributed by atoms with E-state index in [2.05, 4.69) is 18.2 Å². The number of carbonyl (C=O) groups is 1. The van der Waals surface area contributed by atoms with Crippen molar-refractivity contribution in [1.29, 1.82) is 0 Å². The summed E-state index contributed by atoms with van der Waals surface area (Å²) >= 11 is 1.41. The SMILES string of the molecule is O=C(O)CSC/C=C\C[C@H]1[C@@H](/C=C/C(O)c2ccccc2)[C@H]2CC[C@@H]1O2. The highest BCUT2D eigenvalue weighted by atomic mass is 32.2. The van der Waals surface area contributed by atoms with Crippen LogP contribution in [0.5, 0.6) is 0 Å². The van der Waals surface area contributed by atoms with Gasteiger partial charge in [0.2, 0.25) is 0 Å². The molecule has 0 saturated carbocycles. The van der Waals surface area contributed by atoms with E-state index in [0.29, 0.717) is 17.9 Å². The van der Waals surface area contributed by atoms with E-state index < -0.39 is 12.1 Å². The van der Waals surface area contributed by atoms with Crippen LogP contribution in [-0.2, 0) is 9.53 Å². The van der Waals surface area contributed by atoms with Crippen molar-refractivity contribution in [1.82, 2.24) is 0 Å². The molecule has 5 heteroatoms. The summed E-state index contributed by atoms with van der Waals surface area (Å²) in [6.45, 7) is 0. The number of aliphatic hydroxyl groups is 1. The van der Waals surface area contributed by atoms with Crippen LogP contribution in [-0.4, -0.2) is 39.9 Å². The summed E-state index contributed by atoms with van der Waals surface area (Å²) in [6, 6.07) is 9.68. The molecule has 5 atom stereocenters. The molecule has 2 saturated heterocycles. The van der Waals surface area contributed by atoms with Crippen molar-refractivity contribution in [3.63, 3.8) is 0 Å². The Morgan fingerprint density at radius 1 is 1.23 bits per heavy atom. The van der Waals surface area contributed by atoms with E-state index in [1.807, 2.05) is 36.4 Å². The van der Waals surface area contributed by atoms with Gasteiger partial charge in [0.05, 0.1) is 24.1 Å². The molecule has 140 valence electrons. The van der Waals surface area contributed by atoms with E-state index in [4.69, 9.17) is 9.84 Å². The summed E-state index contributed by atoms with van der Waals surface area (Å²) in [5.41, 5.74) is 0.903. The third-order valence-corrected chi connectivity index (χ3v) is 6.04. The number of carboxylic acids is 1. The summed E-state index contributed by atoms with van der Waals surface area (Å²) in [4.78, 5) is 10.5.